The molecule has 1 aromatic heterocycles. The first kappa shape index (κ1) is 29.1. The fourth-order valence-corrected chi connectivity index (χ4v) is 5.22. The minimum Gasteiger partial charge on any atom is -0.383 e. The third-order valence-corrected chi connectivity index (χ3v) is 7.20. The van der Waals surface area contributed by atoms with Crippen molar-refractivity contribution in [1.29, 1.82) is 0 Å². The average molecular weight is 539 g/mol. The molecule has 1 N–H and O–H groups in total. The molecular formula is C33H38N4O3. The van der Waals surface area contributed by atoms with E-state index in [2.05, 4.69) is 39.5 Å². The third-order valence-electron chi connectivity index (χ3n) is 7.20. The molecule has 40 heavy (non-hydrogen) atoms. The van der Waals surface area contributed by atoms with Crippen molar-refractivity contribution < 1.29 is 14.3 Å². The summed E-state index contributed by atoms with van der Waals surface area (Å²) < 4.78 is 4.72. The van der Waals surface area contributed by atoms with Gasteiger partial charge in [0.25, 0.3) is 5.91 Å². The molecule has 7 heteroatoms. The van der Waals surface area contributed by atoms with Gasteiger partial charge in [-0.25, -0.2) is 0 Å². The number of carbonyl (C=O) groups is 2. The summed E-state index contributed by atoms with van der Waals surface area (Å²) in [6.45, 7) is 3.51. The highest BCUT2D eigenvalue weighted by Crippen LogP contribution is 2.33. The molecule has 1 aliphatic rings. The van der Waals surface area contributed by atoms with E-state index in [1.165, 1.54) is 11.1 Å². The zero-order valence-electron chi connectivity index (χ0n) is 23.3. The molecule has 4 aromatic rings. The van der Waals surface area contributed by atoms with Crippen LogP contribution in [-0.2, 0) is 9.53 Å². The Morgan fingerprint density at radius 2 is 1.62 bits per heavy atom. The predicted octanol–water partition coefficient (Wildman–Crippen LogP) is 4.59. The summed E-state index contributed by atoms with van der Waals surface area (Å²) in [4.78, 5) is 33.8. The van der Waals surface area contributed by atoms with Gasteiger partial charge in [-0.1, -0.05) is 84.9 Å². The fraction of sp³-hybridized carbons (Fsp3) is 0.303. The summed E-state index contributed by atoms with van der Waals surface area (Å²) in [5, 5.41) is 4.80. The van der Waals surface area contributed by atoms with Crippen molar-refractivity contribution in [3.8, 4) is 0 Å². The first-order valence-corrected chi connectivity index (χ1v) is 13.7. The van der Waals surface area contributed by atoms with Crippen LogP contribution in [-0.4, -0.2) is 80.0 Å². The van der Waals surface area contributed by atoms with Crippen LogP contribution < -0.4 is 5.32 Å². The third kappa shape index (κ3) is 7.18. The first-order chi connectivity index (χ1) is 19.7. The van der Waals surface area contributed by atoms with E-state index in [4.69, 9.17) is 4.74 Å². The molecule has 7 nitrogen and oxygen atoms in total. The number of hydrogen-bond donors (Lipinski definition) is 1. The Hall–Kier alpha value is -3.91. The van der Waals surface area contributed by atoms with E-state index in [0.717, 1.165) is 30.2 Å². The number of methoxy groups -OCH3 is 1. The Bertz CT molecular complexity index is 1300. The normalized spacial score (nSPS) is 15.5. The number of carbonyl (C=O) groups excluding carboxylic acids is 2. The second kappa shape index (κ2) is 15.0. The van der Waals surface area contributed by atoms with Gasteiger partial charge in [-0.2, -0.15) is 0 Å². The molecule has 5 rings (SSSR count). The average Bonchev–Trinajstić information content (AvgIpc) is 3.02. The van der Waals surface area contributed by atoms with Crippen molar-refractivity contribution in [3.63, 3.8) is 0 Å². The largest absolute Gasteiger partial charge is 0.383 e. The van der Waals surface area contributed by atoms with Crippen molar-refractivity contribution in [2.75, 3.05) is 46.9 Å². The summed E-state index contributed by atoms with van der Waals surface area (Å²) in [7, 11) is 3.59. The number of rotatable bonds is 9. The molecule has 0 bridgehead atoms. The second-order valence-corrected chi connectivity index (χ2v) is 9.77. The molecule has 0 spiro atoms. The van der Waals surface area contributed by atoms with Gasteiger partial charge in [-0.3, -0.25) is 14.7 Å². The number of nitrogens with one attached hydrogen (secondary N) is 1. The van der Waals surface area contributed by atoms with E-state index in [1.807, 2.05) is 72.6 Å². The molecule has 2 heterocycles. The summed E-state index contributed by atoms with van der Waals surface area (Å²) >= 11 is 0. The highest BCUT2D eigenvalue weighted by molar-refractivity contribution is 6.06. The van der Waals surface area contributed by atoms with Gasteiger partial charge in [0.1, 0.15) is 6.29 Å². The van der Waals surface area contributed by atoms with Crippen LogP contribution in [0.2, 0.25) is 0 Å². The lowest BCUT2D eigenvalue weighted by molar-refractivity contribution is -0.109. The van der Waals surface area contributed by atoms with E-state index in [0.29, 0.717) is 31.6 Å². The molecule has 1 fully saturated rings. The molecule has 0 radical (unpaired) electrons. The molecule has 0 aliphatic carbocycles. The van der Waals surface area contributed by atoms with Crippen LogP contribution in [0.5, 0.6) is 0 Å². The molecule has 1 unspecified atom stereocenters. The lowest BCUT2D eigenvalue weighted by Crippen LogP contribution is -2.56. The van der Waals surface area contributed by atoms with E-state index in [9.17, 15) is 9.59 Å². The van der Waals surface area contributed by atoms with Crippen LogP contribution in [0.3, 0.4) is 0 Å². The monoisotopic (exact) mass is 538 g/mol. The van der Waals surface area contributed by atoms with Gasteiger partial charge >= 0.3 is 0 Å². The van der Waals surface area contributed by atoms with Gasteiger partial charge in [0.2, 0.25) is 0 Å². The second-order valence-electron chi connectivity index (χ2n) is 9.77. The Morgan fingerprint density at radius 3 is 2.23 bits per heavy atom. The van der Waals surface area contributed by atoms with Gasteiger partial charge in [0, 0.05) is 63.5 Å². The smallest absolute Gasteiger partial charge is 0.256 e. The van der Waals surface area contributed by atoms with Crippen LogP contribution >= 0.6 is 0 Å². The number of aldehydes is 1. The van der Waals surface area contributed by atoms with Crippen molar-refractivity contribution in [2.45, 2.75) is 18.5 Å². The highest BCUT2D eigenvalue weighted by atomic mass is 16.5. The maximum absolute atomic E-state index is 13.6. The summed E-state index contributed by atoms with van der Waals surface area (Å²) in [6, 6.07) is 28.5. The Balaban J connectivity index is 0.000000557. The van der Waals surface area contributed by atoms with Gasteiger partial charge in [-0.15, -0.1) is 0 Å². The van der Waals surface area contributed by atoms with Crippen LogP contribution in [0.25, 0.3) is 10.8 Å². The molecule has 1 saturated heterocycles. The maximum atomic E-state index is 13.6. The number of pyridine rings is 1. The number of aromatic nitrogens is 1. The van der Waals surface area contributed by atoms with Gasteiger partial charge in [0.15, 0.2) is 0 Å². The van der Waals surface area contributed by atoms with E-state index >= 15 is 0 Å². The standard InChI is InChI=1S/C29H27N3O2.C4H11NO/c33-18-15-25-21-31(29(34)27-20-30-19-24-13-7-8-14-26(24)27)16-17-32(25)28(22-9-3-1-4-10-22)23-11-5-2-6-12-23;1-5-3-4-6-2/h1-14,18-20,25,28H,15-17,21H2;5H,3-4H2,1-2H3. The Morgan fingerprint density at radius 1 is 0.975 bits per heavy atom. The summed E-state index contributed by atoms with van der Waals surface area (Å²) in [6.07, 6.45) is 4.78. The summed E-state index contributed by atoms with van der Waals surface area (Å²) in [5.74, 6) is -0.0316. The molecule has 1 amide bonds. The molecule has 208 valence electrons. The van der Waals surface area contributed by atoms with Gasteiger partial charge in [-0.05, 0) is 23.6 Å². The molecule has 1 aliphatic heterocycles. The number of amides is 1. The Labute approximate surface area is 236 Å². The zero-order chi connectivity index (χ0) is 28.2. The van der Waals surface area contributed by atoms with E-state index in [-0.39, 0.29) is 18.0 Å². The number of likely N-dealkylation sites (N-methyl/N-ethyl adjacent to an activating group) is 1. The zero-order valence-corrected chi connectivity index (χ0v) is 23.3. The topological polar surface area (TPSA) is 74.8 Å². The maximum Gasteiger partial charge on any atom is 0.256 e. The molecule has 1 atom stereocenters. The predicted molar refractivity (Wildman–Crippen MR) is 159 cm³/mol. The van der Waals surface area contributed by atoms with Crippen molar-refractivity contribution >= 4 is 23.0 Å². The van der Waals surface area contributed by atoms with Crippen molar-refractivity contribution in [2.24, 2.45) is 0 Å². The Kier molecular flexibility index (Phi) is 10.9. The van der Waals surface area contributed by atoms with Crippen LogP contribution in [0.1, 0.15) is 33.9 Å². The number of ether oxygens (including phenoxy) is 1. The number of fused-ring (bicyclic) bond motifs is 1. The highest BCUT2D eigenvalue weighted by Gasteiger charge is 2.35. The molecule has 0 saturated carbocycles. The first-order valence-electron chi connectivity index (χ1n) is 13.7. The van der Waals surface area contributed by atoms with Crippen LogP contribution in [0, 0.1) is 0 Å². The minimum absolute atomic E-state index is 0.0174. The number of hydrogen-bond acceptors (Lipinski definition) is 6. The number of benzene rings is 3. The number of nitrogens with zero attached hydrogens (tertiary/aromatic N) is 3. The lowest BCUT2D eigenvalue weighted by Gasteiger charge is -2.45. The summed E-state index contributed by atoms with van der Waals surface area (Å²) in [5.41, 5.74) is 2.98. The fourth-order valence-electron chi connectivity index (χ4n) is 5.22. The van der Waals surface area contributed by atoms with Crippen LogP contribution in [0.15, 0.2) is 97.3 Å². The number of piperazine rings is 1. The van der Waals surface area contributed by atoms with E-state index in [1.54, 1.807) is 19.5 Å². The van der Waals surface area contributed by atoms with Gasteiger partial charge < -0.3 is 19.7 Å². The minimum atomic E-state index is -0.0800. The van der Waals surface area contributed by atoms with Crippen LogP contribution in [0.4, 0.5) is 0 Å². The molecule has 3 aromatic carbocycles. The van der Waals surface area contributed by atoms with Crippen molar-refractivity contribution in [1.82, 2.24) is 20.1 Å². The quantitative estimate of drug-likeness (QED) is 0.248. The van der Waals surface area contributed by atoms with Gasteiger partial charge in [0.05, 0.1) is 18.2 Å². The van der Waals surface area contributed by atoms with E-state index < -0.39 is 0 Å². The molecular weight excluding hydrogens is 500 g/mol. The van der Waals surface area contributed by atoms with Crippen molar-refractivity contribution in [3.05, 3.63) is 114 Å². The SMILES string of the molecule is CNCCOC.O=CCC1CN(C(=O)c2cncc3ccccc23)CCN1C(c1ccccc1)c1ccccc1. The lowest BCUT2D eigenvalue weighted by atomic mass is 9.93.